The fraction of sp³-hybridized carbons (Fsp3) is 0.111. The quantitative estimate of drug-likeness (QED) is 0.309. The molecule has 0 aliphatic carbocycles. The Balaban J connectivity index is 1.76. The predicted molar refractivity (Wildman–Crippen MR) is 134 cm³/mol. The largest absolute Gasteiger partial charge is 0.490 e. The molecule has 1 aromatic heterocycles. The standard InChI is InChI=1S/C27H22BrN3O2/c1-2-32-25-14-20(10-13-24(25)33-17-18-8-11-21(28)12-9-18)26-22(15-29)27(30)31-16-23(26)19-6-4-3-5-7-19/h3-14,16H,2,17H2,1H3,(H2,30,31). The van der Waals surface area contributed by atoms with Crippen LogP contribution in [-0.2, 0) is 6.61 Å². The van der Waals surface area contributed by atoms with Gasteiger partial charge in [0.15, 0.2) is 11.5 Å². The smallest absolute Gasteiger partial charge is 0.161 e. The highest BCUT2D eigenvalue weighted by Gasteiger charge is 2.18. The van der Waals surface area contributed by atoms with Crippen LogP contribution in [-0.4, -0.2) is 11.6 Å². The van der Waals surface area contributed by atoms with E-state index in [9.17, 15) is 5.26 Å². The first-order valence-corrected chi connectivity index (χ1v) is 11.3. The Labute approximate surface area is 201 Å². The van der Waals surface area contributed by atoms with Crippen LogP contribution in [0.2, 0.25) is 0 Å². The van der Waals surface area contributed by atoms with Crippen molar-refractivity contribution in [1.29, 1.82) is 5.26 Å². The highest BCUT2D eigenvalue weighted by molar-refractivity contribution is 9.10. The first kappa shape index (κ1) is 22.4. The Morgan fingerprint density at radius 3 is 2.39 bits per heavy atom. The van der Waals surface area contributed by atoms with Gasteiger partial charge < -0.3 is 15.2 Å². The second-order valence-corrected chi connectivity index (χ2v) is 8.21. The lowest BCUT2D eigenvalue weighted by atomic mass is 9.92. The Morgan fingerprint density at radius 1 is 0.939 bits per heavy atom. The summed E-state index contributed by atoms with van der Waals surface area (Å²) in [6.45, 7) is 2.81. The van der Waals surface area contributed by atoms with Crippen LogP contribution in [0.25, 0.3) is 22.3 Å². The molecule has 4 rings (SSSR count). The zero-order valence-corrected chi connectivity index (χ0v) is 19.7. The summed E-state index contributed by atoms with van der Waals surface area (Å²) in [6.07, 6.45) is 1.71. The molecule has 3 aromatic carbocycles. The first-order chi connectivity index (χ1) is 16.1. The van der Waals surface area contributed by atoms with E-state index in [-0.39, 0.29) is 5.82 Å². The highest BCUT2D eigenvalue weighted by atomic mass is 79.9. The van der Waals surface area contributed by atoms with E-state index in [2.05, 4.69) is 27.0 Å². The van der Waals surface area contributed by atoms with Gasteiger partial charge in [0.25, 0.3) is 0 Å². The van der Waals surface area contributed by atoms with E-state index in [1.165, 1.54) is 0 Å². The number of nitrogen functional groups attached to an aromatic ring is 1. The highest BCUT2D eigenvalue weighted by Crippen LogP contribution is 2.40. The van der Waals surface area contributed by atoms with Gasteiger partial charge >= 0.3 is 0 Å². The number of anilines is 1. The Kier molecular flexibility index (Phi) is 6.92. The Morgan fingerprint density at radius 2 is 1.70 bits per heavy atom. The van der Waals surface area contributed by atoms with Crippen LogP contribution in [0.1, 0.15) is 18.1 Å². The molecule has 0 radical (unpaired) electrons. The summed E-state index contributed by atoms with van der Waals surface area (Å²) in [7, 11) is 0. The van der Waals surface area contributed by atoms with E-state index in [0.29, 0.717) is 30.3 Å². The molecule has 2 N–H and O–H groups in total. The maximum absolute atomic E-state index is 9.86. The fourth-order valence-corrected chi connectivity index (χ4v) is 3.83. The summed E-state index contributed by atoms with van der Waals surface area (Å²) in [5.41, 5.74) is 10.8. The van der Waals surface area contributed by atoms with Gasteiger partial charge in [-0.2, -0.15) is 5.26 Å². The molecule has 0 aliphatic heterocycles. The molecule has 0 bridgehead atoms. The summed E-state index contributed by atoms with van der Waals surface area (Å²) in [6, 6.07) is 25.7. The van der Waals surface area contributed by atoms with Crippen molar-refractivity contribution < 1.29 is 9.47 Å². The van der Waals surface area contributed by atoms with Gasteiger partial charge in [-0.05, 0) is 47.9 Å². The summed E-state index contributed by atoms with van der Waals surface area (Å²) in [4.78, 5) is 4.25. The van der Waals surface area contributed by atoms with Crippen LogP contribution in [0.15, 0.2) is 83.5 Å². The molecule has 0 spiro atoms. The normalized spacial score (nSPS) is 10.5. The van der Waals surface area contributed by atoms with Gasteiger partial charge in [0.05, 0.1) is 6.61 Å². The topological polar surface area (TPSA) is 81.2 Å². The minimum Gasteiger partial charge on any atom is -0.490 e. The zero-order chi connectivity index (χ0) is 23.2. The molecule has 0 saturated carbocycles. The average molecular weight is 500 g/mol. The third kappa shape index (κ3) is 5.00. The van der Waals surface area contributed by atoms with Gasteiger partial charge in [-0.1, -0.05) is 64.5 Å². The van der Waals surface area contributed by atoms with Gasteiger partial charge in [0, 0.05) is 21.8 Å². The van der Waals surface area contributed by atoms with E-state index in [0.717, 1.165) is 32.3 Å². The molecule has 33 heavy (non-hydrogen) atoms. The zero-order valence-electron chi connectivity index (χ0n) is 18.1. The van der Waals surface area contributed by atoms with Gasteiger partial charge in [0.1, 0.15) is 24.1 Å². The molecule has 4 aromatic rings. The number of nitriles is 1. The van der Waals surface area contributed by atoms with Crippen molar-refractivity contribution in [3.8, 4) is 39.8 Å². The van der Waals surface area contributed by atoms with Crippen LogP contribution < -0.4 is 15.2 Å². The second kappa shape index (κ2) is 10.2. The van der Waals surface area contributed by atoms with Crippen molar-refractivity contribution in [2.75, 3.05) is 12.3 Å². The molecular weight excluding hydrogens is 478 g/mol. The molecule has 164 valence electrons. The van der Waals surface area contributed by atoms with Gasteiger partial charge in [-0.3, -0.25) is 0 Å². The summed E-state index contributed by atoms with van der Waals surface area (Å²) in [5.74, 6) is 1.43. The number of nitrogens with two attached hydrogens (primary N) is 1. The van der Waals surface area contributed by atoms with Crippen LogP contribution in [0.4, 0.5) is 5.82 Å². The van der Waals surface area contributed by atoms with Crippen molar-refractivity contribution in [2.45, 2.75) is 13.5 Å². The monoisotopic (exact) mass is 499 g/mol. The molecule has 0 fully saturated rings. The van der Waals surface area contributed by atoms with Gasteiger partial charge in [-0.15, -0.1) is 0 Å². The fourth-order valence-electron chi connectivity index (χ4n) is 3.57. The predicted octanol–water partition coefficient (Wildman–Crippen LogP) is 6.61. The number of aromatic nitrogens is 1. The lowest BCUT2D eigenvalue weighted by molar-refractivity contribution is 0.269. The molecule has 0 atom stereocenters. The SMILES string of the molecule is CCOc1cc(-c2c(-c3ccccc3)cnc(N)c2C#N)ccc1OCc1ccc(Br)cc1. The van der Waals surface area contributed by atoms with E-state index >= 15 is 0 Å². The van der Waals surface area contributed by atoms with Gasteiger partial charge in [-0.25, -0.2) is 4.98 Å². The number of hydrogen-bond acceptors (Lipinski definition) is 5. The van der Waals surface area contributed by atoms with Crippen molar-refractivity contribution in [3.05, 3.63) is 94.6 Å². The maximum Gasteiger partial charge on any atom is 0.161 e. The minimum absolute atomic E-state index is 0.195. The number of pyridine rings is 1. The molecule has 1 heterocycles. The Hall–Kier alpha value is -3.82. The van der Waals surface area contributed by atoms with Crippen molar-refractivity contribution in [2.24, 2.45) is 0 Å². The average Bonchev–Trinajstić information content (AvgIpc) is 2.84. The molecule has 0 unspecified atom stereocenters. The van der Waals surface area contributed by atoms with Crippen molar-refractivity contribution >= 4 is 21.7 Å². The van der Waals surface area contributed by atoms with Crippen molar-refractivity contribution in [3.63, 3.8) is 0 Å². The van der Waals surface area contributed by atoms with Crippen LogP contribution in [0.3, 0.4) is 0 Å². The first-order valence-electron chi connectivity index (χ1n) is 10.5. The van der Waals surface area contributed by atoms with Crippen molar-refractivity contribution in [1.82, 2.24) is 4.98 Å². The summed E-state index contributed by atoms with van der Waals surface area (Å²) >= 11 is 3.45. The number of rotatable bonds is 7. The lowest BCUT2D eigenvalue weighted by Crippen LogP contribution is -2.02. The van der Waals surface area contributed by atoms with Crippen LogP contribution >= 0.6 is 15.9 Å². The van der Waals surface area contributed by atoms with E-state index in [1.54, 1.807) is 6.20 Å². The van der Waals surface area contributed by atoms with Gasteiger partial charge in [0.2, 0.25) is 0 Å². The molecule has 0 amide bonds. The number of halogens is 1. The minimum atomic E-state index is 0.195. The molecular formula is C27H22BrN3O2. The molecule has 0 saturated heterocycles. The number of ether oxygens (including phenoxy) is 2. The summed E-state index contributed by atoms with van der Waals surface area (Å²) in [5, 5.41) is 9.86. The molecule has 5 nitrogen and oxygen atoms in total. The van der Waals surface area contributed by atoms with E-state index < -0.39 is 0 Å². The van der Waals surface area contributed by atoms with Crippen LogP contribution in [0.5, 0.6) is 11.5 Å². The van der Waals surface area contributed by atoms with E-state index in [1.807, 2.05) is 79.7 Å². The third-order valence-corrected chi connectivity index (χ3v) is 5.67. The third-order valence-electron chi connectivity index (χ3n) is 5.14. The number of hydrogen-bond donors (Lipinski definition) is 1. The molecule has 0 aliphatic rings. The summed E-state index contributed by atoms with van der Waals surface area (Å²) < 4.78 is 13.0. The van der Waals surface area contributed by atoms with Crippen LogP contribution in [0, 0.1) is 11.3 Å². The second-order valence-electron chi connectivity index (χ2n) is 7.29. The lowest BCUT2D eigenvalue weighted by Gasteiger charge is -2.17. The maximum atomic E-state index is 9.86. The molecule has 6 heteroatoms. The number of nitrogens with zero attached hydrogens (tertiary/aromatic N) is 2. The Bertz CT molecular complexity index is 1300. The van der Waals surface area contributed by atoms with E-state index in [4.69, 9.17) is 15.2 Å². The number of benzene rings is 3.